The summed E-state index contributed by atoms with van der Waals surface area (Å²) < 4.78 is 26.7. The van der Waals surface area contributed by atoms with Gasteiger partial charge in [0.25, 0.3) is 5.91 Å². The van der Waals surface area contributed by atoms with E-state index in [0.717, 1.165) is 18.4 Å². The number of amides is 1. The first kappa shape index (κ1) is 18.2. The van der Waals surface area contributed by atoms with Crippen LogP contribution in [0.4, 0.5) is 0 Å². The van der Waals surface area contributed by atoms with Crippen LogP contribution in [0.15, 0.2) is 59.5 Å². The van der Waals surface area contributed by atoms with E-state index in [1.54, 1.807) is 12.1 Å². The van der Waals surface area contributed by atoms with Crippen LogP contribution < -0.4 is 5.32 Å². The van der Waals surface area contributed by atoms with Gasteiger partial charge >= 0.3 is 0 Å². The average Bonchev–Trinajstić information content (AvgIpc) is 3.22. The van der Waals surface area contributed by atoms with E-state index in [1.165, 1.54) is 16.4 Å². The van der Waals surface area contributed by atoms with Gasteiger partial charge in [-0.05, 0) is 43.2 Å². The van der Waals surface area contributed by atoms with Gasteiger partial charge in [-0.25, -0.2) is 8.42 Å². The number of sulfonamides is 1. The summed E-state index contributed by atoms with van der Waals surface area (Å²) in [5.74, 6) is 5.50. The topological polar surface area (TPSA) is 66.5 Å². The van der Waals surface area contributed by atoms with E-state index in [4.69, 9.17) is 0 Å². The maximum Gasteiger partial charge on any atom is 0.252 e. The van der Waals surface area contributed by atoms with Crippen LogP contribution in [0.1, 0.15) is 28.8 Å². The fourth-order valence-electron chi connectivity index (χ4n) is 2.77. The van der Waals surface area contributed by atoms with Gasteiger partial charge in [-0.15, -0.1) is 0 Å². The van der Waals surface area contributed by atoms with Crippen molar-refractivity contribution in [3.05, 3.63) is 65.7 Å². The molecule has 0 aromatic heterocycles. The monoisotopic (exact) mass is 368 g/mol. The largest absolute Gasteiger partial charge is 0.341 e. The fraction of sp³-hybridized carbons (Fsp3) is 0.250. The maximum atomic E-state index is 12.6. The van der Waals surface area contributed by atoms with Gasteiger partial charge in [0, 0.05) is 24.2 Å². The minimum absolute atomic E-state index is 0.155. The first-order chi connectivity index (χ1) is 12.6. The number of carbonyl (C=O) groups is 1. The van der Waals surface area contributed by atoms with Crippen molar-refractivity contribution >= 4 is 15.9 Å². The normalized spacial score (nSPS) is 14.5. The van der Waals surface area contributed by atoms with E-state index < -0.39 is 10.0 Å². The molecule has 1 heterocycles. The molecule has 1 saturated heterocycles. The molecule has 1 aliphatic rings. The van der Waals surface area contributed by atoms with Crippen LogP contribution in [0.2, 0.25) is 0 Å². The third kappa shape index (κ3) is 4.31. The lowest BCUT2D eigenvalue weighted by Crippen LogP contribution is -2.28. The molecule has 1 amide bonds. The van der Waals surface area contributed by atoms with Crippen LogP contribution in [0.3, 0.4) is 0 Å². The Balaban J connectivity index is 1.66. The second-order valence-corrected chi connectivity index (χ2v) is 7.93. The van der Waals surface area contributed by atoms with E-state index in [0.29, 0.717) is 18.7 Å². The first-order valence-corrected chi connectivity index (χ1v) is 9.94. The molecule has 0 saturated carbocycles. The predicted molar refractivity (Wildman–Crippen MR) is 100 cm³/mol. The van der Waals surface area contributed by atoms with Crippen LogP contribution in [0.5, 0.6) is 0 Å². The predicted octanol–water partition coefficient (Wildman–Crippen LogP) is 2.25. The highest BCUT2D eigenvalue weighted by molar-refractivity contribution is 7.89. The van der Waals surface area contributed by atoms with Gasteiger partial charge in [-0.1, -0.05) is 36.1 Å². The first-order valence-electron chi connectivity index (χ1n) is 8.50. The summed E-state index contributed by atoms with van der Waals surface area (Å²) in [5, 5.41) is 2.70. The van der Waals surface area contributed by atoms with Gasteiger partial charge < -0.3 is 5.32 Å². The van der Waals surface area contributed by atoms with Crippen LogP contribution >= 0.6 is 0 Å². The zero-order chi connectivity index (χ0) is 18.4. The smallest absolute Gasteiger partial charge is 0.252 e. The molecule has 6 heteroatoms. The number of benzene rings is 2. The molecule has 0 bridgehead atoms. The molecule has 0 unspecified atom stereocenters. The minimum atomic E-state index is -3.53. The summed E-state index contributed by atoms with van der Waals surface area (Å²) in [4.78, 5) is 12.4. The molecule has 1 fully saturated rings. The quantitative estimate of drug-likeness (QED) is 0.842. The van der Waals surface area contributed by atoms with Crippen LogP contribution in [0.25, 0.3) is 0 Å². The number of hydrogen-bond donors (Lipinski definition) is 1. The van der Waals surface area contributed by atoms with Gasteiger partial charge in [0.15, 0.2) is 0 Å². The number of carbonyl (C=O) groups excluding carboxylic acids is 1. The van der Waals surface area contributed by atoms with Crippen LogP contribution in [0, 0.1) is 11.8 Å². The number of nitrogens with one attached hydrogen (secondary N) is 1. The lowest BCUT2D eigenvalue weighted by molar-refractivity contribution is 0.0958. The molecule has 26 heavy (non-hydrogen) atoms. The molecule has 1 N–H and O–H groups in total. The Kier molecular flexibility index (Phi) is 5.71. The van der Waals surface area contributed by atoms with Gasteiger partial charge in [-0.2, -0.15) is 4.31 Å². The van der Waals surface area contributed by atoms with Crippen molar-refractivity contribution in [2.24, 2.45) is 0 Å². The third-order valence-corrected chi connectivity index (χ3v) is 6.04. The van der Waals surface area contributed by atoms with E-state index in [-0.39, 0.29) is 17.3 Å². The Morgan fingerprint density at radius 3 is 2.50 bits per heavy atom. The Bertz CT molecular complexity index is 938. The molecule has 134 valence electrons. The van der Waals surface area contributed by atoms with Crippen molar-refractivity contribution in [3.63, 3.8) is 0 Å². The van der Waals surface area contributed by atoms with Crippen molar-refractivity contribution in [1.82, 2.24) is 9.62 Å². The highest BCUT2D eigenvalue weighted by Crippen LogP contribution is 2.21. The molecule has 5 nitrogen and oxygen atoms in total. The molecule has 3 rings (SSSR count). The Hall–Kier alpha value is -2.62. The molecular weight excluding hydrogens is 348 g/mol. The summed E-state index contributed by atoms with van der Waals surface area (Å²) in [6, 6.07) is 15.6. The zero-order valence-corrected chi connectivity index (χ0v) is 15.1. The van der Waals surface area contributed by atoms with Crippen molar-refractivity contribution in [1.29, 1.82) is 0 Å². The van der Waals surface area contributed by atoms with E-state index in [2.05, 4.69) is 17.2 Å². The summed E-state index contributed by atoms with van der Waals surface area (Å²) in [5.41, 5.74) is 1.19. The summed E-state index contributed by atoms with van der Waals surface area (Å²) in [7, 11) is -3.53. The van der Waals surface area contributed by atoms with E-state index in [1.807, 2.05) is 30.3 Å². The van der Waals surface area contributed by atoms with Gasteiger partial charge in [0.05, 0.1) is 11.4 Å². The number of nitrogens with zero attached hydrogens (tertiary/aromatic N) is 1. The Morgan fingerprint density at radius 2 is 1.77 bits per heavy atom. The summed E-state index contributed by atoms with van der Waals surface area (Å²) >= 11 is 0. The minimum Gasteiger partial charge on any atom is -0.341 e. The molecular formula is C20H20N2O3S. The van der Waals surface area contributed by atoms with Gasteiger partial charge in [0.2, 0.25) is 10.0 Å². The number of hydrogen-bond acceptors (Lipinski definition) is 3. The van der Waals surface area contributed by atoms with Crippen LogP contribution in [-0.2, 0) is 10.0 Å². The van der Waals surface area contributed by atoms with E-state index >= 15 is 0 Å². The standard InChI is InChI=1S/C20H20N2O3S/c23-20(21-13-7-10-17-8-2-1-3-9-17)18-11-6-12-19(16-18)26(24,25)22-14-4-5-15-22/h1-3,6,8-9,11-12,16H,4-5,13-15H2,(H,21,23). The lowest BCUT2D eigenvalue weighted by atomic mass is 10.2. The van der Waals surface area contributed by atoms with Crippen molar-refractivity contribution in [2.45, 2.75) is 17.7 Å². The molecule has 2 aromatic rings. The third-order valence-electron chi connectivity index (χ3n) is 4.14. The number of rotatable bonds is 4. The molecule has 0 radical (unpaired) electrons. The SMILES string of the molecule is O=C(NCC#Cc1ccccc1)c1cccc(S(=O)(=O)N2CCCC2)c1. The fourth-order valence-corrected chi connectivity index (χ4v) is 4.33. The molecule has 0 spiro atoms. The average molecular weight is 368 g/mol. The highest BCUT2D eigenvalue weighted by atomic mass is 32.2. The summed E-state index contributed by atoms with van der Waals surface area (Å²) in [6.45, 7) is 1.26. The molecule has 0 aliphatic carbocycles. The molecule has 1 aliphatic heterocycles. The van der Waals surface area contributed by atoms with Crippen molar-refractivity contribution in [3.8, 4) is 11.8 Å². The zero-order valence-electron chi connectivity index (χ0n) is 14.3. The van der Waals surface area contributed by atoms with Crippen molar-refractivity contribution < 1.29 is 13.2 Å². The van der Waals surface area contributed by atoms with Crippen LogP contribution in [-0.4, -0.2) is 38.3 Å². The van der Waals surface area contributed by atoms with Crippen molar-refractivity contribution in [2.75, 3.05) is 19.6 Å². The lowest BCUT2D eigenvalue weighted by Gasteiger charge is -2.15. The van der Waals surface area contributed by atoms with Gasteiger partial charge in [-0.3, -0.25) is 4.79 Å². The van der Waals surface area contributed by atoms with Gasteiger partial charge in [0.1, 0.15) is 0 Å². The molecule has 0 atom stereocenters. The van der Waals surface area contributed by atoms with E-state index in [9.17, 15) is 13.2 Å². The maximum absolute atomic E-state index is 12.6. The second kappa shape index (κ2) is 8.17. The highest BCUT2D eigenvalue weighted by Gasteiger charge is 2.27. The summed E-state index contributed by atoms with van der Waals surface area (Å²) in [6.07, 6.45) is 1.75. The second-order valence-electron chi connectivity index (χ2n) is 5.99. The Morgan fingerprint density at radius 1 is 1.04 bits per heavy atom. The Labute approximate surface area is 154 Å². The molecule has 2 aromatic carbocycles.